The molecule has 66 valence electrons. The van der Waals surface area contributed by atoms with Gasteiger partial charge in [-0.25, -0.2) is 0 Å². The smallest absolute Gasteiger partial charge is 0.0138 e. The lowest BCUT2D eigenvalue weighted by Gasteiger charge is -2.30. The molecular weight excluding hydrogens is 172 g/mol. The number of thioether (sulfide) groups is 1. The molecule has 2 unspecified atom stereocenters. The zero-order valence-electron chi connectivity index (χ0n) is 7.47. The minimum atomic E-state index is 0.304. The molecule has 0 radical (unpaired) electrons. The zero-order valence-corrected chi connectivity index (χ0v) is 9.18. The first-order chi connectivity index (χ1) is 5.17. The molecule has 0 amide bonds. The van der Waals surface area contributed by atoms with Crippen LogP contribution in [0.1, 0.15) is 33.1 Å². The molecule has 2 heteroatoms. The lowest BCUT2D eigenvalue weighted by Crippen LogP contribution is -2.27. The maximum absolute atomic E-state index is 4.75. The summed E-state index contributed by atoms with van der Waals surface area (Å²) in [5.74, 6) is 3.48. The van der Waals surface area contributed by atoms with Crippen LogP contribution in [-0.4, -0.2) is 16.3 Å². The third-order valence-electron chi connectivity index (χ3n) is 2.74. The summed E-state index contributed by atoms with van der Waals surface area (Å²) in [6, 6.07) is 0. The SMILES string of the molecule is CCC1CCSCCC1(C)S. The quantitative estimate of drug-likeness (QED) is 0.619. The summed E-state index contributed by atoms with van der Waals surface area (Å²) in [6.07, 6.45) is 3.93. The zero-order chi connectivity index (χ0) is 8.32. The second-order valence-corrected chi connectivity index (χ2v) is 5.86. The molecule has 0 spiro atoms. The van der Waals surface area contributed by atoms with E-state index >= 15 is 0 Å². The van der Waals surface area contributed by atoms with Crippen LogP contribution in [0.4, 0.5) is 0 Å². The largest absolute Gasteiger partial charge is 0.172 e. The summed E-state index contributed by atoms with van der Waals surface area (Å²) < 4.78 is 0.304. The van der Waals surface area contributed by atoms with Gasteiger partial charge in [-0.05, 0) is 30.3 Å². The molecule has 0 N–H and O–H groups in total. The standard InChI is InChI=1S/C9H18S2/c1-3-8-4-6-11-7-5-9(8,2)10/h8,10H,3-7H2,1-2H3. The van der Waals surface area contributed by atoms with Crippen molar-refractivity contribution in [1.82, 2.24) is 0 Å². The Labute approximate surface area is 79.9 Å². The molecule has 1 heterocycles. The van der Waals surface area contributed by atoms with E-state index in [4.69, 9.17) is 12.6 Å². The van der Waals surface area contributed by atoms with Gasteiger partial charge in [0.1, 0.15) is 0 Å². The van der Waals surface area contributed by atoms with E-state index in [1.54, 1.807) is 0 Å². The monoisotopic (exact) mass is 190 g/mol. The van der Waals surface area contributed by atoms with Crippen LogP contribution < -0.4 is 0 Å². The van der Waals surface area contributed by atoms with Gasteiger partial charge in [0.2, 0.25) is 0 Å². The summed E-state index contributed by atoms with van der Waals surface area (Å²) in [5.41, 5.74) is 0. The summed E-state index contributed by atoms with van der Waals surface area (Å²) in [5, 5.41) is 0. The van der Waals surface area contributed by atoms with Crippen LogP contribution in [-0.2, 0) is 0 Å². The Hall–Kier alpha value is 0.700. The lowest BCUT2D eigenvalue weighted by molar-refractivity contribution is 0.379. The first kappa shape index (κ1) is 9.79. The van der Waals surface area contributed by atoms with E-state index in [9.17, 15) is 0 Å². The van der Waals surface area contributed by atoms with Gasteiger partial charge in [-0.1, -0.05) is 20.3 Å². The molecule has 0 aromatic heterocycles. The molecule has 0 aromatic rings. The highest BCUT2D eigenvalue weighted by Crippen LogP contribution is 2.37. The van der Waals surface area contributed by atoms with Crippen LogP contribution in [0, 0.1) is 5.92 Å². The molecule has 0 aromatic carbocycles. The van der Waals surface area contributed by atoms with Crippen LogP contribution in [0.5, 0.6) is 0 Å². The summed E-state index contributed by atoms with van der Waals surface area (Å²) in [4.78, 5) is 0. The molecule has 0 aliphatic carbocycles. The summed E-state index contributed by atoms with van der Waals surface area (Å²) >= 11 is 6.84. The fourth-order valence-corrected chi connectivity index (χ4v) is 3.56. The Balaban J connectivity index is 2.56. The first-order valence-electron chi connectivity index (χ1n) is 4.47. The predicted molar refractivity (Wildman–Crippen MR) is 57.7 cm³/mol. The van der Waals surface area contributed by atoms with Gasteiger partial charge in [-0.2, -0.15) is 24.4 Å². The molecular formula is C9H18S2. The van der Waals surface area contributed by atoms with Crippen molar-refractivity contribution in [2.45, 2.75) is 37.9 Å². The lowest BCUT2D eigenvalue weighted by atomic mass is 9.86. The highest BCUT2D eigenvalue weighted by molar-refractivity contribution is 7.99. The molecule has 0 nitrogen and oxygen atoms in total. The molecule has 1 saturated heterocycles. The fraction of sp³-hybridized carbons (Fsp3) is 1.00. The number of thiol groups is 1. The Bertz CT molecular complexity index is 121. The second-order valence-electron chi connectivity index (χ2n) is 3.61. The van der Waals surface area contributed by atoms with Crippen molar-refractivity contribution >= 4 is 24.4 Å². The Kier molecular flexibility index (Phi) is 3.63. The molecule has 1 aliphatic rings. The first-order valence-corrected chi connectivity index (χ1v) is 6.07. The number of hydrogen-bond donors (Lipinski definition) is 1. The predicted octanol–water partition coefficient (Wildman–Crippen LogP) is 3.23. The van der Waals surface area contributed by atoms with Crippen molar-refractivity contribution in [3.05, 3.63) is 0 Å². The van der Waals surface area contributed by atoms with Crippen molar-refractivity contribution in [3.8, 4) is 0 Å². The van der Waals surface area contributed by atoms with E-state index in [2.05, 4.69) is 25.6 Å². The van der Waals surface area contributed by atoms with Gasteiger partial charge in [-0.15, -0.1) is 0 Å². The van der Waals surface area contributed by atoms with Crippen LogP contribution >= 0.6 is 24.4 Å². The van der Waals surface area contributed by atoms with E-state index in [0.29, 0.717) is 4.75 Å². The van der Waals surface area contributed by atoms with Crippen LogP contribution in [0.3, 0.4) is 0 Å². The van der Waals surface area contributed by atoms with E-state index in [1.807, 2.05) is 0 Å². The third-order valence-corrected chi connectivity index (χ3v) is 4.34. The van der Waals surface area contributed by atoms with Gasteiger partial charge in [0.25, 0.3) is 0 Å². The van der Waals surface area contributed by atoms with E-state index in [0.717, 1.165) is 5.92 Å². The molecule has 0 bridgehead atoms. The van der Waals surface area contributed by atoms with E-state index < -0.39 is 0 Å². The van der Waals surface area contributed by atoms with Crippen LogP contribution in [0.25, 0.3) is 0 Å². The molecule has 0 saturated carbocycles. The molecule has 1 aliphatic heterocycles. The van der Waals surface area contributed by atoms with Gasteiger partial charge >= 0.3 is 0 Å². The van der Waals surface area contributed by atoms with E-state index in [1.165, 1.54) is 30.8 Å². The third kappa shape index (κ3) is 2.59. The average Bonchev–Trinajstić information content (AvgIpc) is 2.10. The Morgan fingerprint density at radius 3 is 2.91 bits per heavy atom. The van der Waals surface area contributed by atoms with Crippen molar-refractivity contribution in [3.63, 3.8) is 0 Å². The van der Waals surface area contributed by atoms with Gasteiger partial charge < -0.3 is 0 Å². The number of hydrogen-bond acceptors (Lipinski definition) is 2. The molecule has 1 rings (SSSR count). The molecule has 11 heavy (non-hydrogen) atoms. The minimum Gasteiger partial charge on any atom is -0.172 e. The van der Waals surface area contributed by atoms with Crippen molar-refractivity contribution < 1.29 is 0 Å². The van der Waals surface area contributed by atoms with Gasteiger partial charge in [0.15, 0.2) is 0 Å². The molecule has 1 fully saturated rings. The highest BCUT2D eigenvalue weighted by Gasteiger charge is 2.30. The van der Waals surface area contributed by atoms with Gasteiger partial charge in [0, 0.05) is 4.75 Å². The Morgan fingerprint density at radius 1 is 1.55 bits per heavy atom. The van der Waals surface area contributed by atoms with Crippen molar-refractivity contribution in [1.29, 1.82) is 0 Å². The van der Waals surface area contributed by atoms with Crippen molar-refractivity contribution in [2.75, 3.05) is 11.5 Å². The van der Waals surface area contributed by atoms with E-state index in [-0.39, 0.29) is 0 Å². The highest BCUT2D eigenvalue weighted by atomic mass is 32.2. The maximum atomic E-state index is 4.75. The Morgan fingerprint density at radius 2 is 2.27 bits per heavy atom. The molecule has 2 atom stereocenters. The summed E-state index contributed by atoms with van der Waals surface area (Å²) in [6.45, 7) is 4.59. The second kappa shape index (κ2) is 4.08. The van der Waals surface area contributed by atoms with Gasteiger partial charge in [0.05, 0.1) is 0 Å². The average molecular weight is 190 g/mol. The maximum Gasteiger partial charge on any atom is 0.0138 e. The number of rotatable bonds is 1. The normalized spacial score (nSPS) is 40.1. The topological polar surface area (TPSA) is 0 Å². The fourth-order valence-electron chi connectivity index (χ4n) is 1.77. The van der Waals surface area contributed by atoms with Crippen LogP contribution in [0.15, 0.2) is 0 Å². The minimum absolute atomic E-state index is 0.304. The van der Waals surface area contributed by atoms with Crippen LogP contribution in [0.2, 0.25) is 0 Å². The summed E-state index contributed by atoms with van der Waals surface area (Å²) in [7, 11) is 0. The van der Waals surface area contributed by atoms with Crippen molar-refractivity contribution in [2.24, 2.45) is 5.92 Å². The van der Waals surface area contributed by atoms with Gasteiger partial charge in [-0.3, -0.25) is 0 Å².